The van der Waals surface area contributed by atoms with E-state index in [4.69, 9.17) is 0 Å². The van der Waals surface area contributed by atoms with Gasteiger partial charge in [0.15, 0.2) is 0 Å². The third-order valence-electron chi connectivity index (χ3n) is 5.10. The number of carbonyl (C=O) groups excluding carboxylic acids is 2. The Morgan fingerprint density at radius 3 is 2.04 bits per heavy atom. The van der Waals surface area contributed by atoms with Gasteiger partial charge in [-0.05, 0) is 53.4 Å². The van der Waals surface area contributed by atoms with Gasteiger partial charge < -0.3 is 10.2 Å². The number of hydrogen-bond acceptors (Lipinski definition) is 3. The van der Waals surface area contributed by atoms with E-state index in [0.717, 1.165) is 45.3 Å². The van der Waals surface area contributed by atoms with Crippen LogP contribution in [-0.2, 0) is 9.59 Å². The molecule has 2 amide bonds. The molecule has 1 aliphatic carbocycles. The van der Waals surface area contributed by atoms with Crippen LogP contribution >= 0.6 is 0 Å². The molecule has 1 saturated carbocycles. The van der Waals surface area contributed by atoms with Crippen LogP contribution in [0.2, 0.25) is 0 Å². The second-order valence-corrected chi connectivity index (χ2v) is 7.59. The fourth-order valence-corrected chi connectivity index (χ4v) is 3.52. The number of likely N-dealkylation sites (tertiary alicyclic amines) is 1. The van der Waals surface area contributed by atoms with E-state index < -0.39 is 0 Å². The van der Waals surface area contributed by atoms with Crippen molar-refractivity contribution in [1.82, 2.24) is 15.1 Å². The first-order valence-electron chi connectivity index (χ1n) is 9.22. The second-order valence-electron chi connectivity index (χ2n) is 7.59. The summed E-state index contributed by atoms with van der Waals surface area (Å²) in [5, 5.41) is 3.09. The van der Waals surface area contributed by atoms with Crippen LogP contribution in [-0.4, -0.2) is 59.9 Å². The van der Waals surface area contributed by atoms with Gasteiger partial charge in [-0.3, -0.25) is 14.5 Å². The Labute approximate surface area is 140 Å². The first-order valence-corrected chi connectivity index (χ1v) is 9.22. The number of rotatable bonds is 7. The van der Waals surface area contributed by atoms with Gasteiger partial charge in [0.1, 0.15) is 0 Å². The summed E-state index contributed by atoms with van der Waals surface area (Å²) in [7, 11) is 0. The molecule has 0 radical (unpaired) electrons. The van der Waals surface area contributed by atoms with E-state index >= 15 is 0 Å². The lowest BCUT2D eigenvalue weighted by atomic mass is 9.95. The zero-order valence-corrected chi connectivity index (χ0v) is 15.2. The van der Waals surface area contributed by atoms with Crippen molar-refractivity contribution >= 4 is 11.8 Å². The predicted molar refractivity (Wildman–Crippen MR) is 92.0 cm³/mol. The van der Waals surface area contributed by atoms with Crippen molar-refractivity contribution < 1.29 is 9.59 Å². The third-order valence-corrected chi connectivity index (χ3v) is 5.10. The highest BCUT2D eigenvalue weighted by atomic mass is 16.2. The maximum absolute atomic E-state index is 12.3. The van der Waals surface area contributed by atoms with Crippen molar-refractivity contribution in [2.24, 2.45) is 11.8 Å². The summed E-state index contributed by atoms with van der Waals surface area (Å²) >= 11 is 0. The highest BCUT2D eigenvalue weighted by Gasteiger charge is 2.35. The molecule has 1 N–H and O–H groups in total. The molecule has 0 aromatic rings. The van der Waals surface area contributed by atoms with Gasteiger partial charge in [0.2, 0.25) is 11.8 Å². The van der Waals surface area contributed by atoms with Crippen LogP contribution in [0.25, 0.3) is 0 Å². The molecule has 0 spiro atoms. The van der Waals surface area contributed by atoms with E-state index in [0.29, 0.717) is 30.5 Å². The van der Waals surface area contributed by atoms with Crippen molar-refractivity contribution in [1.29, 1.82) is 0 Å². The molecule has 2 rings (SSSR count). The fourth-order valence-electron chi connectivity index (χ4n) is 3.52. The van der Waals surface area contributed by atoms with Crippen LogP contribution in [0.3, 0.4) is 0 Å². The molecule has 0 aromatic heterocycles. The van der Waals surface area contributed by atoms with Crippen molar-refractivity contribution in [3.8, 4) is 0 Å². The Morgan fingerprint density at radius 1 is 1.00 bits per heavy atom. The predicted octanol–water partition coefficient (Wildman–Crippen LogP) is 1.87. The Bertz CT molecular complexity index is 402. The van der Waals surface area contributed by atoms with Gasteiger partial charge in [0.05, 0.1) is 0 Å². The lowest BCUT2D eigenvalue weighted by Crippen LogP contribution is -2.46. The van der Waals surface area contributed by atoms with Gasteiger partial charge in [-0.25, -0.2) is 0 Å². The summed E-state index contributed by atoms with van der Waals surface area (Å²) < 4.78 is 0. The van der Waals surface area contributed by atoms with Crippen molar-refractivity contribution in [2.45, 2.75) is 65.5 Å². The number of nitrogens with zero attached hydrogens (tertiary/aromatic N) is 2. The van der Waals surface area contributed by atoms with Gasteiger partial charge in [0, 0.05) is 50.1 Å². The van der Waals surface area contributed by atoms with E-state index in [-0.39, 0.29) is 11.8 Å². The zero-order valence-electron chi connectivity index (χ0n) is 15.2. The maximum Gasteiger partial charge on any atom is 0.225 e. The van der Waals surface area contributed by atoms with Crippen LogP contribution in [0.4, 0.5) is 0 Å². The molecule has 2 aliphatic rings. The van der Waals surface area contributed by atoms with Gasteiger partial charge in [-0.2, -0.15) is 0 Å². The molecule has 1 aliphatic heterocycles. The average molecular weight is 323 g/mol. The largest absolute Gasteiger partial charge is 0.355 e. The van der Waals surface area contributed by atoms with E-state index in [9.17, 15) is 9.59 Å². The minimum Gasteiger partial charge on any atom is -0.355 e. The van der Waals surface area contributed by atoms with Gasteiger partial charge in [-0.1, -0.05) is 0 Å². The van der Waals surface area contributed by atoms with Crippen molar-refractivity contribution in [3.05, 3.63) is 0 Å². The summed E-state index contributed by atoms with van der Waals surface area (Å²) in [6, 6.07) is 0.979. The fraction of sp³-hybridized carbons (Fsp3) is 0.889. The smallest absolute Gasteiger partial charge is 0.225 e. The normalized spacial score (nSPS) is 19.7. The molecule has 5 nitrogen and oxygen atoms in total. The molecular formula is C18H33N3O2. The quantitative estimate of drug-likeness (QED) is 0.778. The summed E-state index contributed by atoms with van der Waals surface area (Å²) in [5.41, 5.74) is 0. The summed E-state index contributed by atoms with van der Waals surface area (Å²) in [4.78, 5) is 28.7. The molecule has 1 heterocycles. The highest BCUT2D eigenvalue weighted by molar-refractivity contribution is 5.82. The third kappa shape index (κ3) is 5.20. The minimum absolute atomic E-state index is 0.0739. The number of nitrogens with one attached hydrogen (secondary N) is 1. The number of amides is 2. The monoisotopic (exact) mass is 323 g/mol. The zero-order chi connectivity index (χ0) is 17.0. The first kappa shape index (κ1) is 18.2. The van der Waals surface area contributed by atoms with E-state index in [2.05, 4.69) is 37.9 Å². The molecule has 2 fully saturated rings. The standard InChI is InChI=1S/C18H33N3O2/c1-13(2)21(14(3)4)12-9-19-17(22)15-7-10-20(11-8-15)18(23)16-5-6-16/h13-16H,5-12H2,1-4H3,(H,19,22). The molecule has 0 atom stereocenters. The van der Waals surface area contributed by atoms with E-state index in [1.165, 1.54) is 0 Å². The van der Waals surface area contributed by atoms with Crippen LogP contribution in [0.15, 0.2) is 0 Å². The molecule has 1 saturated heterocycles. The van der Waals surface area contributed by atoms with Gasteiger partial charge in [0.25, 0.3) is 0 Å². The van der Waals surface area contributed by atoms with E-state index in [1.54, 1.807) is 0 Å². The Kier molecular flexibility index (Phi) is 6.45. The summed E-state index contributed by atoms with van der Waals surface area (Å²) in [6.07, 6.45) is 3.73. The molecule has 132 valence electrons. The van der Waals surface area contributed by atoms with Crippen LogP contribution in [0.5, 0.6) is 0 Å². The average Bonchev–Trinajstić information content (AvgIpc) is 3.34. The lowest BCUT2D eigenvalue weighted by molar-refractivity contribution is -0.136. The minimum atomic E-state index is 0.0739. The molecular weight excluding hydrogens is 290 g/mol. The number of hydrogen-bond donors (Lipinski definition) is 1. The summed E-state index contributed by atoms with van der Waals surface area (Å²) in [5.74, 6) is 0.840. The van der Waals surface area contributed by atoms with Crippen LogP contribution in [0.1, 0.15) is 53.4 Å². The Balaban J connectivity index is 1.67. The second kappa shape index (κ2) is 8.13. The Morgan fingerprint density at radius 2 is 1.57 bits per heavy atom. The number of piperidine rings is 1. The number of carbonyl (C=O) groups is 2. The SMILES string of the molecule is CC(C)N(CCNC(=O)C1CCN(C(=O)C2CC2)CC1)C(C)C. The lowest BCUT2D eigenvalue weighted by Gasteiger charge is -2.32. The molecule has 0 aromatic carbocycles. The molecule has 5 heteroatoms. The van der Waals surface area contributed by atoms with Crippen LogP contribution < -0.4 is 5.32 Å². The van der Waals surface area contributed by atoms with E-state index in [1.807, 2.05) is 4.90 Å². The molecule has 23 heavy (non-hydrogen) atoms. The first-order chi connectivity index (χ1) is 10.9. The van der Waals surface area contributed by atoms with Crippen molar-refractivity contribution in [3.63, 3.8) is 0 Å². The topological polar surface area (TPSA) is 52.7 Å². The van der Waals surface area contributed by atoms with Crippen molar-refractivity contribution in [2.75, 3.05) is 26.2 Å². The maximum atomic E-state index is 12.3. The van der Waals surface area contributed by atoms with Gasteiger partial charge in [-0.15, -0.1) is 0 Å². The molecule has 0 unspecified atom stereocenters. The summed E-state index contributed by atoms with van der Waals surface area (Å²) in [6.45, 7) is 11.8. The van der Waals surface area contributed by atoms with Crippen LogP contribution in [0, 0.1) is 11.8 Å². The Hall–Kier alpha value is -1.10. The molecule has 0 bridgehead atoms. The highest BCUT2D eigenvalue weighted by Crippen LogP contribution is 2.32. The van der Waals surface area contributed by atoms with Gasteiger partial charge >= 0.3 is 0 Å².